The van der Waals surface area contributed by atoms with E-state index in [2.05, 4.69) is 38.1 Å². The first-order valence-corrected chi connectivity index (χ1v) is 8.10. The number of nitrogens with zero attached hydrogens (tertiary/aromatic N) is 1. The van der Waals surface area contributed by atoms with Gasteiger partial charge < -0.3 is 0 Å². The van der Waals surface area contributed by atoms with Gasteiger partial charge in [-0.2, -0.15) is 0 Å². The van der Waals surface area contributed by atoms with Crippen LogP contribution in [0.5, 0.6) is 0 Å². The van der Waals surface area contributed by atoms with Gasteiger partial charge in [0.25, 0.3) is 5.91 Å². The first kappa shape index (κ1) is 15.3. The molecule has 1 fully saturated rings. The first-order valence-electron chi connectivity index (χ1n) is 6.88. The highest BCUT2D eigenvalue weighted by Crippen LogP contribution is 2.32. The van der Waals surface area contributed by atoms with Gasteiger partial charge in [0.15, 0.2) is 0 Å². The third-order valence-corrected chi connectivity index (χ3v) is 4.60. The average molecular weight is 305 g/mol. The number of hydrogen-bond donors (Lipinski definition) is 0. The van der Waals surface area contributed by atoms with Crippen LogP contribution < -0.4 is 0 Å². The molecule has 20 heavy (non-hydrogen) atoms. The van der Waals surface area contributed by atoms with E-state index >= 15 is 0 Å². The van der Waals surface area contributed by atoms with E-state index in [9.17, 15) is 4.79 Å². The van der Waals surface area contributed by atoms with Gasteiger partial charge in [-0.15, -0.1) is 0 Å². The summed E-state index contributed by atoms with van der Waals surface area (Å²) in [6, 6.07) is 8.34. The zero-order valence-corrected chi connectivity index (χ0v) is 13.7. The van der Waals surface area contributed by atoms with Gasteiger partial charge in [0, 0.05) is 6.54 Å². The second kappa shape index (κ2) is 6.55. The molecule has 1 aromatic carbocycles. The highest BCUT2D eigenvalue weighted by Gasteiger charge is 2.30. The summed E-state index contributed by atoms with van der Waals surface area (Å²) in [6.45, 7) is 7.09. The molecular weight excluding hydrogens is 286 g/mol. The number of hydrogen-bond acceptors (Lipinski definition) is 3. The van der Waals surface area contributed by atoms with E-state index in [0.29, 0.717) is 16.8 Å². The summed E-state index contributed by atoms with van der Waals surface area (Å²) in [6.07, 6.45) is 2.85. The summed E-state index contributed by atoms with van der Waals surface area (Å²) in [5, 5.41) is 0. The highest BCUT2D eigenvalue weighted by atomic mass is 32.2. The van der Waals surface area contributed by atoms with Crippen LogP contribution in [-0.2, 0) is 4.79 Å². The lowest BCUT2D eigenvalue weighted by molar-refractivity contribution is -0.122. The number of carbonyl (C=O) groups excluding carboxylic acids is 1. The summed E-state index contributed by atoms with van der Waals surface area (Å²) in [5.41, 5.74) is 2.35. The highest BCUT2D eigenvalue weighted by molar-refractivity contribution is 8.26. The summed E-state index contributed by atoms with van der Waals surface area (Å²) < 4.78 is 0.668. The number of rotatable bonds is 4. The third-order valence-electron chi connectivity index (χ3n) is 3.22. The van der Waals surface area contributed by atoms with E-state index in [1.165, 1.54) is 17.3 Å². The van der Waals surface area contributed by atoms with Crippen molar-refractivity contribution in [2.75, 3.05) is 6.54 Å². The molecule has 1 aliphatic rings. The Morgan fingerprint density at radius 3 is 2.50 bits per heavy atom. The van der Waals surface area contributed by atoms with Crippen molar-refractivity contribution in [1.82, 2.24) is 4.90 Å². The number of amides is 1. The minimum Gasteiger partial charge on any atom is -0.293 e. The van der Waals surface area contributed by atoms with Crippen LogP contribution in [0.3, 0.4) is 0 Å². The quantitative estimate of drug-likeness (QED) is 0.606. The molecular formula is C16H19NOS2. The van der Waals surface area contributed by atoms with E-state index < -0.39 is 0 Å². The molecule has 2 rings (SSSR count). The zero-order valence-electron chi connectivity index (χ0n) is 12.1. The Hall–Kier alpha value is -1.13. The molecule has 2 nitrogen and oxygen atoms in total. The predicted octanol–water partition coefficient (Wildman–Crippen LogP) is 4.42. The van der Waals surface area contributed by atoms with Gasteiger partial charge in [0.05, 0.1) is 4.91 Å². The molecule has 106 valence electrons. The minimum atomic E-state index is 0.0368. The molecule has 1 aliphatic heterocycles. The Bertz CT molecular complexity index is 546. The fourth-order valence-corrected chi connectivity index (χ4v) is 3.35. The molecule has 0 aliphatic carbocycles. The monoisotopic (exact) mass is 305 g/mol. The maximum absolute atomic E-state index is 12.2. The van der Waals surface area contributed by atoms with Crippen LogP contribution in [0.15, 0.2) is 29.2 Å². The van der Waals surface area contributed by atoms with Crippen LogP contribution in [0.4, 0.5) is 0 Å². The normalized spacial score (nSPS) is 17.6. The van der Waals surface area contributed by atoms with Crippen molar-refractivity contribution in [2.24, 2.45) is 0 Å². The lowest BCUT2D eigenvalue weighted by Gasteiger charge is -2.11. The van der Waals surface area contributed by atoms with E-state index in [0.717, 1.165) is 16.9 Å². The molecule has 4 heteroatoms. The van der Waals surface area contributed by atoms with E-state index in [4.69, 9.17) is 12.2 Å². The molecule has 0 atom stereocenters. The van der Waals surface area contributed by atoms with E-state index in [1.807, 2.05) is 13.0 Å². The van der Waals surface area contributed by atoms with Gasteiger partial charge in [-0.05, 0) is 29.5 Å². The fourth-order valence-electron chi connectivity index (χ4n) is 2.04. The minimum absolute atomic E-state index is 0.0368. The lowest BCUT2D eigenvalue weighted by Crippen LogP contribution is -2.28. The second-order valence-corrected chi connectivity index (χ2v) is 6.83. The molecule has 0 unspecified atom stereocenters. The Kier molecular flexibility index (Phi) is 5.00. The SMILES string of the molecule is CCCN1C(=O)/C(=C\c2ccc(C(C)C)cc2)SC1=S. The number of carbonyl (C=O) groups is 1. The number of benzene rings is 1. The number of thiocarbonyl (C=S) groups is 1. The average Bonchev–Trinajstić information content (AvgIpc) is 2.67. The Labute approximate surface area is 130 Å². The second-order valence-electron chi connectivity index (χ2n) is 5.15. The molecule has 1 amide bonds. The van der Waals surface area contributed by atoms with Crippen LogP contribution in [0.25, 0.3) is 6.08 Å². The van der Waals surface area contributed by atoms with Crippen molar-refractivity contribution in [3.05, 3.63) is 40.3 Å². The van der Waals surface area contributed by atoms with Gasteiger partial charge in [0.1, 0.15) is 4.32 Å². The standard InChI is InChI=1S/C16H19NOS2/c1-4-9-17-15(18)14(20-16(17)19)10-12-5-7-13(8-6-12)11(2)3/h5-8,10-11H,4,9H2,1-3H3/b14-10+. The lowest BCUT2D eigenvalue weighted by atomic mass is 10.0. The van der Waals surface area contributed by atoms with Gasteiger partial charge in [0.2, 0.25) is 0 Å². The summed E-state index contributed by atoms with van der Waals surface area (Å²) in [4.78, 5) is 14.6. The van der Waals surface area contributed by atoms with Gasteiger partial charge in [-0.3, -0.25) is 9.69 Å². The molecule has 0 spiro atoms. The Morgan fingerprint density at radius 2 is 1.95 bits per heavy atom. The molecule has 0 bridgehead atoms. The molecule has 1 saturated heterocycles. The van der Waals surface area contributed by atoms with Gasteiger partial charge in [-0.1, -0.05) is 69.0 Å². The van der Waals surface area contributed by atoms with E-state index in [1.54, 1.807) is 4.90 Å². The molecule has 0 radical (unpaired) electrons. The maximum Gasteiger partial charge on any atom is 0.266 e. The van der Waals surface area contributed by atoms with Crippen LogP contribution in [0.1, 0.15) is 44.2 Å². The topological polar surface area (TPSA) is 20.3 Å². The Morgan fingerprint density at radius 1 is 1.30 bits per heavy atom. The van der Waals surface area contributed by atoms with Crippen LogP contribution in [0.2, 0.25) is 0 Å². The molecule has 0 N–H and O–H groups in total. The van der Waals surface area contributed by atoms with Crippen molar-refractivity contribution >= 4 is 40.3 Å². The molecule has 1 aromatic rings. The zero-order chi connectivity index (χ0) is 14.7. The maximum atomic E-state index is 12.2. The Balaban J connectivity index is 2.19. The summed E-state index contributed by atoms with van der Waals surface area (Å²) >= 11 is 6.65. The fraction of sp³-hybridized carbons (Fsp3) is 0.375. The predicted molar refractivity (Wildman–Crippen MR) is 90.7 cm³/mol. The van der Waals surface area contributed by atoms with Crippen LogP contribution in [0, 0.1) is 0 Å². The van der Waals surface area contributed by atoms with Crippen molar-refractivity contribution in [2.45, 2.75) is 33.1 Å². The van der Waals surface area contributed by atoms with Gasteiger partial charge >= 0.3 is 0 Å². The van der Waals surface area contributed by atoms with Crippen LogP contribution in [-0.4, -0.2) is 21.7 Å². The first-order chi connectivity index (χ1) is 9.52. The van der Waals surface area contributed by atoms with Crippen molar-refractivity contribution in [1.29, 1.82) is 0 Å². The summed E-state index contributed by atoms with van der Waals surface area (Å²) in [7, 11) is 0. The largest absolute Gasteiger partial charge is 0.293 e. The number of thioether (sulfide) groups is 1. The summed E-state index contributed by atoms with van der Waals surface area (Å²) in [5.74, 6) is 0.557. The van der Waals surface area contributed by atoms with Crippen molar-refractivity contribution < 1.29 is 4.79 Å². The molecule has 1 heterocycles. The molecule has 0 saturated carbocycles. The van der Waals surface area contributed by atoms with Crippen LogP contribution >= 0.6 is 24.0 Å². The van der Waals surface area contributed by atoms with Gasteiger partial charge in [-0.25, -0.2) is 0 Å². The molecule has 0 aromatic heterocycles. The van der Waals surface area contributed by atoms with Crippen molar-refractivity contribution in [3.63, 3.8) is 0 Å². The third kappa shape index (κ3) is 3.30. The van der Waals surface area contributed by atoms with Crippen molar-refractivity contribution in [3.8, 4) is 0 Å². The van der Waals surface area contributed by atoms with E-state index in [-0.39, 0.29) is 5.91 Å². The smallest absolute Gasteiger partial charge is 0.266 e.